The maximum absolute atomic E-state index is 10.1. The molecule has 0 aliphatic rings. The van der Waals surface area contributed by atoms with Crippen LogP contribution in [0.25, 0.3) is 5.70 Å². The van der Waals surface area contributed by atoms with Gasteiger partial charge in [0.25, 0.3) is 0 Å². The van der Waals surface area contributed by atoms with E-state index in [0.717, 1.165) is 0 Å². The third kappa shape index (κ3) is 1.60. The quantitative estimate of drug-likeness (QED) is 0.503. The zero-order valence-corrected chi connectivity index (χ0v) is 5.74. The van der Waals surface area contributed by atoms with Crippen molar-refractivity contribution >= 4 is 11.6 Å². The van der Waals surface area contributed by atoms with Crippen LogP contribution < -0.4 is 0 Å². The van der Waals surface area contributed by atoms with Gasteiger partial charge in [-0.3, -0.25) is 5.41 Å². The first kappa shape index (κ1) is 7.38. The topological polar surface area (TPSA) is 53.3 Å². The maximum atomic E-state index is 10.1. The van der Waals surface area contributed by atoms with Crippen LogP contribution >= 0.6 is 0 Å². The Morgan fingerprint density at radius 3 is 2.45 bits per heavy atom. The molecule has 3 heteroatoms. The number of rotatable bonds is 2. The molecular formula is C8H6N2O. The van der Waals surface area contributed by atoms with Crippen LogP contribution in [0.3, 0.4) is 0 Å². The molecule has 1 rings (SSSR count). The summed E-state index contributed by atoms with van der Waals surface area (Å²) >= 11 is 0. The Balaban J connectivity index is 3.11. The summed E-state index contributed by atoms with van der Waals surface area (Å²) in [4.78, 5) is 10.1. The smallest absolute Gasteiger partial charge is 0.175 e. The van der Waals surface area contributed by atoms with E-state index in [9.17, 15) is 4.91 Å². The summed E-state index contributed by atoms with van der Waals surface area (Å²) in [5.74, 6) is 1.96. The summed E-state index contributed by atoms with van der Waals surface area (Å²) in [5.41, 5.74) is 0.656. The van der Waals surface area contributed by atoms with E-state index in [1.165, 1.54) is 0 Å². The second-order valence-corrected chi connectivity index (χ2v) is 1.93. The van der Waals surface area contributed by atoms with E-state index in [-0.39, 0.29) is 5.70 Å². The van der Waals surface area contributed by atoms with Crippen molar-refractivity contribution in [2.24, 2.45) is 5.18 Å². The fraction of sp³-hybridized carbons (Fsp3) is 0. The van der Waals surface area contributed by atoms with Crippen molar-refractivity contribution in [2.45, 2.75) is 0 Å². The molecule has 1 aromatic rings. The molecule has 0 heterocycles. The van der Waals surface area contributed by atoms with Crippen molar-refractivity contribution in [1.29, 1.82) is 5.41 Å². The summed E-state index contributed by atoms with van der Waals surface area (Å²) in [6.45, 7) is 0. The van der Waals surface area contributed by atoms with Gasteiger partial charge in [-0.25, -0.2) is 0 Å². The normalized spacial score (nSPS) is 8.36. The monoisotopic (exact) mass is 146 g/mol. The lowest BCUT2D eigenvalue weighted by molar-refractivity contribution is 1.49. The minimum atomic E-state index is 0.0330. The van der Waals surface area contributed by atoms with E-state index >= 15 is 0 Å². The predicted octanol–water partition coefficient (Wildman–Crippen LogP) is 2.04. The highest BCUT2D eigenvalue weighted by Crippen LogP contribution is 2.10. The molecule has 11 heavy (non-hydrogen) atoms. The summed E-state index contributed by atoms with van der Waals surface area (Å²) in [6.07, 6.45) is 0. The molecule has 54 valence electrons. The van der Waals surface area contributed by atoms with Gasteiger partial charge >= 0.3 is 0 Å². The van der Waals surface area contributed by atoms with Crippen molar-refractivity contribution in [3.05, 3.63) is 40.8 Å². The minimum absolute atomic E-state index is 0.0330. The van der Waals surface area contributed by atoms with Crippen molar-refractivity contribution < 1.29 is 0 Å². The number of hydrogen-bond acceptors (Lipinski definition) is 3. The summed E-state index contributed by atoms with van der Waals surface area (Å²) in [6, 6.07) is 8.79. The molecule has 0 aromatic heterocycles. The third-order valence-electron chi connectivity index (χ3n) is 1.26. The first-order valence-electron chi connectivity index (χ1n) is 3.07. The molecule has 0 aliphatic carbocycles. The van der Waals surface area contributed by atoms with Crippen LogP contribution in [0.15, 0.2) is 35.5 Å². The van der Waals surface area contributed by atoms with Crippen LogP contribution in [-0.2, 0) is 0 Å². The average Bonchev–Trinajstić information content (AvgIpc) is 2.09. The highest BCUT2D eigenvalue weighted by molar-refractivity contribution is 5.87. The molecule has 0 fully saturated rings. The Morgan fingerprint density at radius 2 is 2.00 bits per heavy atom. The Bertz CT molecular complexity index is 299. The van der Waals surface area contributed by atoms with Gasteiger partial charge in [0.2, 0.25) is 0 Å². The number of benzene rings is 1. The molecule has 0 saturated carbocycles. The Kier molecular flexibility index (Phi) is 2.31. The molecule has 3 nitrogen and oxygen atoms in total. The van der Waals surface area contributed by atoms with Gasteiger partial charge < -0.3 is 0 Å². The molecule has 0 amide bonds. The molecule has 0 radical (unpaired) electrons. The van der Waals surface area contributed by atoms with Gasteiger partial charge in [0, 0.05) is 11.4 Å². The largest absolute Gasteiger partial charge is 0.257 e. The molecule has 0 saturated heterocycles. The molecule has 1 aromatic carbocycles. The van der Waals surface area contributed by atoms with Gasteiger partial charge in [0.05, 0.1) is 0 Å². The second kappa shape index (κ2) is 3.44. The first-order valence-corrected chi connectivity index (χ1v) is 3.07. The first-order chi connectivity index (χ1) is 5.38. The Morgan fingerprint density at radius 1 is 1.36 bits per heavy atom. The summed E-state index contributed by atoms with van der Waals surface area (Å²) in [5, 5.41) is 9.36. The van der Waals surface area contributed by atoms with E-state index < -0.39 is 0 Å². The average molecular weight is 146 g/mol. The van der Waals surface area contributed by atoms with E-state index in [2.05, 4.69) is 5.18 Å². The number of hydrogen-bond donors (Lipinski definition) is 1. The van der Waals surface area contributed by atoms with Crippen LogP contribution in [0.4, 0.5) is 0 Å². The van der Waals surface area contributed by atoms with Gasteiger partial charge in [-0.15, -0.1) is 4.91 Å². The Labute approximate surface area is 63.9 Å². The van der Waals surface area contributed by atoms with Crippen LogP contribution in [0.1, 0.15) is 5.56 Å². The predicted molar refractivity (Wildman–Crippen MR) is 43.4 cm³/mol. The van der Waals surface area contributed by atoms with Crippen molar-refractivity contribution in [1.82, 2.24) is 0 Å². The van der Waals surface area contributed by atoms with Crippen LogP contribution in [0, 0.1) is 10.3 Å². The summed E-state index contributed by atoms with van der Waals surface area (Å²) in [7, 11) is 0. The molecule has 1 N–H and O–H groups in total. The molecular weight excluding hydrogens is 140 g/mol. The fourth-order valence-corrected chi connectivity index (χ4v) is 0.744. The van der Waals surface area contributed by atoms with Crippen molar-refractivity contribution in [3.63, 3.8) is 0 Å². The lowest BCUT2D eigenvalue weighted by Crippen LogP contribution is -1.78. The van der Waals surface area contributed by atoms with E-state index in [0.29, 0.717) is 5.56 Å². The minimum Gasteiger partial charge on any atom is -0.257 e. The van der Waals surface area contributed by atoms with E-state index in [1.54, 1.807) is 24.3 Å². The number of nitrogens with zero attached hydrogens (tertiary/aromatic N) is 1. The van der Waals surface area contributed by atoms with Gasteiger partial charge in [-0.2, -0.15) is 0 Å². The number of nitroso groups, excluding NO2 is 1. The SMILES string of the molecule is N=C=C(N=O)c1ccccc1. The van der Waals surface area contributed by atoms with E-state index in [1.807, 2.05) is 11.9 Å². The molecule has 0 aliphatic heterocycles. The molecule has 0 spiro atoms. The van der Waals surface area contributed by atoms with Gasteiger partial charge in [0.15, 0.2) is 5.70 Å². The third-order valence-corrected chi connectivity index (χ3v) is 1.26. The fourth-order valence-electron chi connectivity index (χ4n) is 0.744. The Hall–Kier alpha value is -1.73. The maximum Gasteiger partial charge on any atom is 0.175 e. The second-order valence-electron chi connectivity index (χ2n) is 1.93. The van der Waals surface area contributed by atoms with E-state index in [4.69, 9.17) is 5.41 Å². The summed E-state index contributed by atoms with van der Waals surface area (Å²) < 4.78 is 0. The lowest BCUT2D eigenvalue weighted by Gasteiger charge is -1.91. The zero-order chi connectivity index (χ0) is 8.10. The highest BCUT2D eigenvalue weighted by atomic mass is 16.3. The lowest BCUT2D eigenvalue weighted by atomic mass is 10.2. The molecule has 0 bridgehead atoms. The van der Waals surface area contributed by atoms with Crippen LogP contribution in [-0.4, -0.2) is 5.87 Å². The van der Waals surface area contributed by atoms with Gasteiger partial charge in [-0.05, 0) is 5.18 Å². The van der Waals surface area contributed by atoms with Gasteiger partial charge in [0.1, 0.15) is 0 Å². The standard InChI is InChI=1S/C8H6N2O/c9-6-8(10-11)7-4-2-1-3-5-7/h1-5,9H. The van der Waals surface area contributed by atoms with Crippen LogP contribution in [0.2, 0.25) is 0 Å². The van der Waals surface area contributed by atoms with Crippen LogP contribution in [0.5, 0.6) is 0 Å². The zero-order valence-electron chi connectivity index (χ0n) is 5.74. The molecule has 0 unspecified atom stereocenters. The molecule has 0 atom stereocenters. The van der Waals surface area contributed by atoms with Crippen molar-refractivity contribution in [3.8, 4) is 0 Å². The highest BCUT2D eigenvalue weighted by Gasteiger charge is 1.97. The van der Waals surface area contributed by atoms with Gasteiger partial charge in [-0.1, -0.05) is 30.3 Å². The van der Waals surface area contributed by atoms with Crippen molar-refractivity contribution in [2.75, 3.05) is 0 Å². The number of nitrogens with one attached hydrogen (secondary N) is 1.